The Bertz CT molecular complexity index is 820. The van der Waals surface area contributed by atoms with Crippen LogP contribution >= 0.6 is 0 Å². The van der Waals surface area contributed by atoms with Gasteiger partial charge in [-0.25, -0.2) is 4.99 Å². The van der Waals surface area contributed by atoms with Crippen LogP contribution in [0.5, 0.6) is 0 Å². The normalized spacial score (nSPS) is 17.4. The molecule has 0 fully saturated rings. The average molecular weight is 358 g/mol. The molecular formula is C21H30N2O3. The lowest BCUT2D eigenvalue weighted by Crippen LogP contribution is -2.17. The fourth-order valence-electron chi connectivity index (χ4n) is 3.57. The van der Waals surface area contributed by atoms with E-state index in [0.717, 1.165) is 47.0 Å². The smallest absolute Gasteiger partial charge is 0.217 e. The predicted octanol–water partition coefficient (Wildman–Crippen LogP) is 3.72. The number of fused-ring (bicyclic) bond motifs is 1. The van der Waals surface area contributed by atoms with E-state index in [1.807, 2.05) is 10.6 Å². The second kappa shape index (κ2) is 7.41. The molecule has 1 aromatic carbocycles. The molecule has 0 saturated heterocycles. The van der Waals surface area contributed by atoms with E-state index in [1.165, 1.54) is 0 Å². The van der Waals surface area contributed by atoms with E-state index >= 15 is 0 Å². The topological polar surface area (TPSA) is 67.0 Å². The zero-order chi connectivity index (χ0) is 18.9. The van der Waals surface area contributed by atoms with Gasteiger partial charge in [-0.3, -0.25) is 0 Å². The van der Waals surface area contributed by atoms with E-state index in [9.17, 15) is 10.2 Å². The molecule has 0 spiro atoms. The van der Waals surface area contributed by atoms with Gasteiger partial charge < -0.3 is 19.5 Å². The van der Waals surface area contributed by atoms with Crippen molar-refractivity contribution in [2.24, 2.45) is 4.99 Å². The van der Waals surface area contributed by atoms with E-state index in [2.05, 4.69) is 39.8 Å². The minimum absolute atomic E-state index is 0.0327. The quantitative estimate of drug-likeness (QED) is 0.793. The molecule has 1 aliphatic heterocycles. The van der Waals surface area contributed by atoms with Crippen molar-refractivity contribution in [2.45, 2.75) is 65.1 Å². The number of ether oxygens (including phenoxy) is 1. The third-order valence-electron chi connectivity index (χ3n) is 4.97. The van der Waals surface area contributed by atoms with Crippen LogP contribution in [0.3, 0.4) is 0 Å². The molecule has 2 N–H and O–H groups in total. The summed E-state index contributed by atoms with van der Waals surface area (Å²) >= 11 is 0. The number of aryl methyl sites for hydroxylation is 1. The van der Waals surface area contributed by atoms with Gasteiger partial charge in [-0.15, -0.1) is 0 Å². The van der Waals surface area contributed by atoms with Gasteiger partial charge in [-0.2, -0.15) is 0 Å². The second-order valence-corrected chi connectivity index (χ2v) is 7.85. The highest BCUT2D eigenvalue weighted by Crippen LogP contribution is 2.31. The SMILES string of the molecule is CCCCC(O)c1cc2cc(C)c(C3=NC(C)(C)CO3)cc2n1CCO. The zero-order valence-corrected chi connectivity index (χ0v) is 16.2. The van der Waals surface area contributed by atoms with Crippen molar-refractivity contribution in [2.75, 3.05) is 13.2 Å². The second-order valence-electron chi connectivity index (χ2n) is 7.85. The molecule has 5 heteroatoms. The Hall–Kier alpha value is -1.85. The maximum absolute atomic E-state index is 10.6. The summed E-state index contributed by atoms with van der Waals surface area (Å²) < 4.78 is 7.86. The maximum Gasteiger partial charge on any atom is 0.217 e. The zero-order valence-electron chi connectivity index (χ0n) is 16.2. The Kier molecular flexibility index (Phi) is 5.39. The number of hydrogen-bond acceptors (Lipinski definition) is 4. The van der Waals surface area contributed by atoms with Crippen LogP contribution in [0.25, 0.3) is 10.9 Å². The number of aliphatic hydroxyl groups is 2. The highest BCUT2D eigenvalue weighted by Gasteiger charge is 2.28. The lowest BCUT2D eigenvalue weighted by molar-refractivity contribution is 0.153. The number of nitrogens with zero attached hydrogens (tertiary/aromatic N) is 2. The van der Waals surface area contributed by atoms with Crippen molar-refractivity contribution in [3.63, 3.8) is 0 Å². The van der Waals surface area contributed by atoms with Gasteiger partial charge >= 0.3 is 0 Å². The molecule has 0 amide bonds. The Morgan fingerprint density at radius 3 is 2.69 bits per heavy atom. The van der Waals surface area contributed by atoms with Gasteiger partial charge in [0.1, 0.15) is 6.61 Å². The van der Waals surface area contributed by atoms with Crippen LogP contribution in [0.1, 0.15) is 63.0 Å². The molecule has 1 aliphatic rings. The van der Waals surface area contributed by atoms with Gasteiger partial charge in [0.05, 0.1) is 18.2 Å². The summed E-state index contributed by atoms with van der Waals surface area (Å²) in [5, 5.41) is 21.2. The van der Waals surface area contributed by atoms with Crippen molar-refractivity contribution in [1.29, 1.82) is 0 Å². The van der Waals surface area contributed by atoms with Gasteiger partial charge in [-0.05, 0) is 51.0 Å². The molecular weight excluding hydrogens is 328 g/mol. The van der Waals surface area contributed by atoms with Crippen LogP contribution in [0.4, 0.5) is 0 Å². The lowest BCUT2D eigenvalue weighted by atomic mass is 10.1. The lowest BCUT2D eigenvalue weighted by Gasteiger charge is -2.15. The van der Waals surface area contributed by atoms with Gasteiger partial charge in [0, 0.05) is 28.7 Å². The summed E-state index contributed by atoms with van der Waals surface area (Å²) in [6.45, 7) is 9.37. The van der Waals surface area contributed by atoms with Gasteiger partial charge in [-0.1, -0.05) is 19.8 Å². The first kappa shape index (κ1) is 18.9. The molecule has 1 unspecified atom stereocenters. The van der Waals surface area contributed by atoms with Crippen molar-refractivity contribution in [3.05, 3.63) is 35.0 Å². The first-order valence-electron chi connectivity index (χ1n) is 9.52. The number of aliphatic imine (C=N–C) groups is 1. The third kappa shape index (κ3) is 3.64. The van der Waals surface area contributed by atoms with Gasteiger partial charge in [0.25, 0.3) is 0 Å². The highest BCUT2D eigenvalue weighted by atomic mass is 16.5. The summed E-state index contributed by atoms with van der Waals surface area (Å²) in [6, 6.07) is 6.24. The summed E-state index contributed by atoms with van der Waals surface area (Å²) in [5.74, 6) is 0.680. The van der Waals surface area contributed by atoms with Gasteiger partial charge in [0.2, 0.25) is 5.90 Å². The van der Waals surface area contributed by atoms with Crippen LogP contribution < -0.4 is 0 Å². The average Bonchev–Trinajstić information content (AvgIpc) is 3.12. The molecule has 1 atom stereocenters. The van der Waals surface area contributed by atoms with E-state index in [4.69, 9.17) is 9.73 Å². The number of aromatic nitrogens is 1. The molecule has 2 aromatic rings. The Morgan fingerprint density at radius 1 is 1.31 bits per heavy atom. The molecule has 0 bridgehead atoms. The molecule has 5 nitrogen and oxygen atoms in total. The fraction of sp³-hybridized carbons (Fsp3) is 0.571. The molecule has 2 heterocycles. The third-order valence-corrected chi connectivity index (χ3v) is 4.97. The van der Waals surface area contributed by atoms with Crippen molar-refractivity contribution < 1.29 is 14.9 Å². The molecule has 3 rings (SSSR count). The Balaban J connectivity index is 2.09. The van der Waals surface area contributed by atoms with E-state index in [0.29, 0.717) is 19.0 Å². The van der Waals surface area contributed by atoms with Crippen LogP contribution in [0.15, 0.2) is 23.2 Å². The monoisotopic (exact) mass is 358 g/mol. The molecule has 142 valence electrons. The van der Waals surface area contributed by atoms with E-state index in [-0.39, 0.29) is 12.1 Å². The van der Waals surface area contributed by atoms with Crippen LogP contribution in [0.2, 0.25) is 0 Å². The van der Waals surface area contributed by atoms with Crippen molar-refractivity contribution >= 4 is 16.8 Å². The standard InChI is InChI=1S/C21H30N2O3/c1-5-6-7-19(25)18-11-15-10-14(2)16(12-17(15)23(18)8-9-24)20-22-21(3,4)13-26-20/h10-12,19,24-25H,5-9,13H2,1-4H3. The minimum atomic E-state index is -0.517. The highest BCUT2D eigenvalue weighted by molar-refractivity contribution is 6.00. The van der Waals surface area contributed by atoms with Gasteiger partial charge in [0.15, 0.2) is 0 Å². The molecule has 0 aliphatic carbocycles. The van der Waals surface area contributed by atoms with E-state index in [1.54, 1.807) is 0 Å². The number of rotatable bonds is 7. The van der Waals surface area contributed by atoms with E-state index < -0.39 is 6.10 Å². The molecule has 0 saturated carbocycles. The first-order chi connectivity index (χ1) is 12.4. The number of benzene rings is 1. The summed E-state index contributed by atoms with van der Waals surface area (Å²) in [6.07, 6.45) is 2.24. The number of aliphatic hydroxyl groups excluding tert-OH is 2. The summed E-state index contributed by atoms with van der Waals surface area (Å²) in [7, 11) is 0. The largest absolute Gasteiger partial charge is 0.475 e. The van der Waals surface area contributed by atoms with Crippen molar-refractivity contribution in [1.82, 2.24) is 4.57 Å². The predicted molar refractivity (Wildman–Crippen MR) is 105 cm³/mol. The fourth-order valence-corrected chi connectivity index (χ4v) is 3.57. The maximum atomic E-state index is 10.6. The number of unbranched alkanes of at least 4 members (excludes halogenated alkanes) is 1. The van der Waals surface area contributed by atoms with Crippen molar-refractivity contribution in [3.8, 4) is 0 Å². The molecule has 26 heavy (non-hydrogen) atoms. The Labute approximate surface area is 155 Å². The molecule has 1 aromatic heterocycles. The molecule has 0 radical (unpaired) electrons. The first-order valence-corrected chi connectivity index (χ1v) is 9.52. The Morgan fingerprint density at radius 2 is 2.08 bits per heavy atom. The van der Waals surface area contributed by atoms with Crippen LogP contribution in [0, 0.1) is 6.92 Å². The van der Waals surface area contributed by atoms with Crippen LogP contribution in [-0.2, 0) is 11.3 Å². The van der Waals surface area contributed by atoms with Crippen LogP contribution in [-0.4, -0.2) is 39.4 Å². The summed E-state index contributed by atoms with van der Waals surface area (Å²) in [4.78, 5) is 4.70. The number of hydrogen-bond donors (Lipinski definition) is 2. The summed E-state index contributed by atoms with van der Waals surface area (Å²) in [5.41, 5.74) is 3.75. The minimum Gasteiger partial charge on any atom is -0.475 e.